The fourth-order valence-electron chi connectivity index (χ4n) is 1.75. The predicted molar refractivity (Wildman–Crippen MR) is 81.9 cm³/mol. The van der Waals surface area contributed by atoms with Gasteiger partial charge in [0.2, 0.25) is 0 Å². The normalized spacial score (nSPS) is 10.5. The molecule has 0 fully saturated rings. The molecule has 108 valence electrons. The molecular weight excluding hydrogens is 274 g/mol. The summed E-state index contributed by atoms with van der Waals surface area (Å²) in [4.78, 5) is 14.0. The van der Waals surface area contributed by atoms with Crippen molar-refractivity contribution in [3.8, 4) is 22.8 Å². The van der Waals surface area contributed by atoms with Gasteiger partial charge in [-0.15, -0.1) is 0 Å². The molecule has 0 amide bonds. The maximum absolute atomic E-state index is 11.2. The van der Waals surface area contributed by atoms with Crippen LogP contribution >= 0.6 is 11.3 Å². The number of aromatic amines is 1. The molecule has 0 atom stereocenters. The van der Waals surface area contributed by atoms with Crippen LogP contribution in [0.15, 0.2) is 28.4 Å². The largest absolute Gasteiger partial charge is 0.490 e. The first-order valence-corrected chi connectivity index (χ1v) is 7.70. The van der Waals surface area contributed by atoms with Crippen molar-refractivity contribution in [2.75, 3.05) is 13.2 Å². The molecule has 0 aliphatic carbocycles. The summed E-state index contributed by atoms with van der Waals surface area (Å²) in [6, 6.07) is 5.74. The fraction of sp³-hybridized carbons (Fsp3) is 0.400. The zero-order chi connectivity index (χ0) is 14.4. The van der Waals surface area contributed by atoms with Crippen molar-refractivity contribution in [1.82, 2.24) is 4.98 Å². The summed E-state index contributed by atoms with van der Waals surface area (Å²) in [5, 5.41) is 1.81. The van der Waals surface area contributed by atoms with E-state index < -0.39 is 0 Å². The molecule has 0 saturated heterocycles. The number of benzene rings is 1. The Morgan fingerprint density at radius 2 is 1.80 bits per heavy atom. The van der Waals surface area contributed by atoms with Gasteiger partial charge >= 0.3 is 4.87 Å². The first-order chi connectivity index (χ1) is 9.74. The molecule has 0 spiro atoms. The second kappa shape index (κ2) is 7.14. The van der Waals surface area contributed by atoms with E-state index in [1.165, 1.54) is 0 Å². The molecule has 1 heterocycles. The van der Waals surface area contributed by atoms with Crippen LogP contribution in [0.25, 0.3) is 11.3 Å². The van der Waals surface area contributed by atoms with E-state index in [2.05, 4.69) is 18.8 Å². The van der Waals surface area contributed by atoms with Gasteiger partial charge in [0.1, 0.15) is 0 Å². The molecule has 0 radical (unpaired) electrons. The van der Waals surface area contributed by atoms with Crippen LogP contribution in [0.5, 0.6) is 11.5 Å². The first kappa shape index (κ1) is 14.7. The second-order valence-electron chi connectivity index (χ2n) is 4.42. The molecule has 5 heteroatoms. The maximum Gasteiger partial charge on any atom is 0.304 e. The summed E-state index contributed by atoms with van der Waals surface area (Å²) in [5.41, 5.74) is 1.74. The first-order valence-electron chi connectivity index (χ1n) is 6.82. The summed E-state index contributed by atoms with van der Waals surface area (Å²) in [7, 11) is 0. The Labute approximate surface area is 122 Å². The SMILES string of the molecule is CCCOc1ccc(-c2csc(=O)[nH]2)cc1OCCC. The van der Waals surface area contributed by atoms with Crippen LogP contribution < -0.4 is 14.3 Å². The molecule has 1 aromatic heterocycles. The summed E-state index contributed by atoms with van der Waals surface area (Å²) >= 11 is 1.16. The lowest BCUT2D eigenvalue weighted by molar-refractivity contribution is 0.268. The highest BCUT2D eigenvalue weighted by Gasteiger charge is 2.09. The lowest BCUT2D eigenvalue weighted by Crippen LogP contribution is -2.01. The molecule has 2 rings (SSSR count). The van der Waals surface area contributed by atoms with Gasteiger partial charge in [-0.25, -0.2) is 0 Å². The lowest BCUT2D eigenvalue weighted by atomic mass is 10.1. The lowest BCUT2D eigenvalue weighted by Gasteiger charge is -2.13. The van der Waals surface area contributed by atoms with Crippen LogP contribution in [0, 0.1) is 0 Å². The zero-order valence-electron chi connectivity index (χ0n) is 11.8. The smallest absolute Gasteiger partial charge is 0.304 e. The van der Waals surface area contributed by atoms with Gasteiger partial charge in [-0.05, 0) is 31.0 Å². The van der Waals surface area contributed by atoms with Crippen molar-refractivity contribution in [1.29, 1.82) is 0 Å². The van der Waals surface area contributed by atoms with Gasteiger partial charge in [-0.1, -0.05) is 25.2 Å². The van der Waals surface area contributed by atoms with Gasteiger partial charge in [-0.2, -0.15) is 0 Å². The minimum Gasteiger partial charge on any atom is -0.490 e. The van der Waals surface area contributed by atoms with Crippen LogP contribution in [-0.4, -0.2) is 18.2 Å². The van der Waals surface area contributed by atoms with Gasteiger partial charge in [-0.3, -0.25) is 4.79 Å². The Bertz CT molecular complexity index is 603. The summed E-state index contributed by atoms with van der Waals surface area (Å²) in [6.45, 7) is 5.44. The number of aromatic nitrogens is 1. The molecule has 0 unspecified atom stereocenters. The van der Waals surface area contributed by atoms with Crippen LogP contribution in [0.2, 0.25) is 0 Å². The Balaban J connectivity index is 2.29. The number of ether oxygens (including phenoxy) is 2. The van der Waals surface area contributed by atoms with Crippen LogP contribution in [0.4, 0.5) is 0 Å². The average Bonchev–Trinajstić information content (AvgIpc) is 2.90. The van der Waals surface area contributed by atoms with Crippen LogP contribution in [0.1, 0.15) is 26.7 Å². The minimum absolute atomic E-state index is 0.0534. The second-order valence-corrected chi connectivity index (χ2v) is 5.26. The molecular formula is C15H19NO3S. The monoisotopic (exact) mass is 293 g/mol. The quantitative estimate of drug-likeness (QED) is 0.847. The topological polar surface area (TPSA) is 51.3 Å². The van der Waals surface area contributed by atoms with E-state index in [0.29, 0.717) is 13.2 Å². The van der Waals surface area contributed by atoms with E-state index in [-0.39, 0.29) is 4.87 Å². The third-order valence-corrected chi connectivity index (χ3v) is 3.37. The molecule has 0 bridgehead atoms. The van der Waals surface area contributed by atoms with Crippen molar-refractivity contribution in [3.63, 3.8) is 0 Å². The van der Waals surface area contributed by atoms with Crippen LogP contribution in [0.3, 0.4) is 0 Å². The summed E-state index contributed by atoms with van der Waals surface area (Å²) in [6.07, 6.45) is 1.89. The van der Waals surface area contributed by atoms with E-state index in [1.807, 2.05) is 23.6 Å². The van der Waals surface area contributed by atoms with E-state index in [9.17, 15) is 4.79 Å². The minimum atomic E-state index is -0.0534. The molecule has 0 saturated carbocycles. The number of thiazole rings is 1. The van der Waals surface area contributed by atoms with Gasteiger partial charge in [0.05, 0.1) is 18.9 Å². The highest BCUT2D eigenvalue weighted by Crippen LogP contribution is 2.32. The molecule has 20 heavy (non-hydrogen) atoms. The molecule has 1 aromatic carbocycles. The Morgan fingerprint density at radius 1 is 1.10 bits per heavy atom. The van der Waals surface area contributed by atoms with Crippen molar-refractivity contribution in [2.24, 2.45) is 0 Å². The predicted octanol–water partition coefficient (Wildman–Crippen LogP) is 3.68. The number of hydrogen-bond acceptors (Lipinski definition) is 4. The third-order valence-electron chi connectivity index (χ3n) is 2.70. The van der Waals surface area contributed by atoms with Crippen LogP contribution in [-0.2, 0) is 0 Å². The highest BCUT2D eigenvalue weighted by atomic mass is 32.1. The van der Waals surface area contributed by atoms with Crippen molar-refractivity contribution in [2.45, 2.75) is 26.7 Å². The van der Waals surface area contributed by atoms with E-state index in [4.69, 9.17) is 9.47 Å². The maximum atomic E-state index is 11.2. The molecule has 0 aliphatic heterocycles. The average molecular weight is 293 g/mol. The Kier molecular flexibility index (Phi) is 5.24. The molecule has 0 aliphatic rings. The van der Waals surface area contributed by atoms with E-state index >= 15 is 0 Å². The van der Waals surface area contributed by atoms with Gasteiger partial charge < -0.3 is 14.5 Å². The van der Waals surface area contributed by atoms with Crippen molar-refractivity contribution in [3.05, 3.63) is 33.2 Å². The van der Waals surface area contributed by atoms with Gasteiger partial charge in [0.15, 0.2) is 11.5 Å². The number of H-pyrrole nitrogens is 1. The number of nitrogens with one attached hydrogen (secondary N) is 1. The van der Waals surface area contributed by atoms with Crippen molar-refractivity contribution < 1.29 is 9.47 Å². The number of rotatable bonds is 7. The van der Waals surface area contributed by atoms with E-state index in [0.717, 1.165) is 46.9 Å². The third kappa shape index (κ3) is 3.63. The summed E-state index contributed by atoms with van der Waals surface area (Å²) in [5.74, 6) is 1.48. The van der Waals surface area contributed by atoms with Crippen molar-refractivity contribution >= 4 is 11.3 Å². The zero-order valence-corrected chi connectivity index (χ0v) is 12.6. The molecule has 2 aromatic rings. The summed E-state index contributed by atoms with van der Waals surface area (Å²) < 4.78 is 11.4. The fourth-order valence-corrected chi connectivity index (χ4v) is 2.34. The van der Waals surface area contributed by atoms with Gasteiger partial charge in [0.25, 0.3) is 0 Å². The molecule has 4 nitrogen and oxygen atoms in total. The Hall–Kier alpha value is -1.75. The number of hydrogen-bond donors (Lipinski definition) is 1. The van der Waals surface area contributed by atoms with Gasteiger partial charge in [0, 0.05) is 10.9 Å². The highest BCUT2D eigenvalue weighted by molar-refractivity contribution is 7.07. The standard InChI is InChI=1S/C15H19NO3S/c1-3-7-18-13-6-5-11(9-14(13)19-8-4-2)12-10-20-15(17)16-12/h5-6,9-10H,3-4,7-8H2,1-2H3,(H,16,17). The Morgan fingerprint density at radius 3 is 2.40 bits per heavy atom. The molecule has 1 N–H and O–H groups in total. The van der Waals surface area contributed by atoms with E-state index in [1.54, 1.807) is 0 Å².